The summed E-state index contributed by atoms with van der Waals surface area (Å²) in [4.78, 5) is 32.5. The molecule has 1 aromatic carbocycles. The fraction of sp³-hybridized carbons (Fsp3) is 0.0556. The molecule has 0 fully saturated rings. The highest BCUT2D eigenvalue weighted by atomic mass is 32.1. The van der Waals surface area contributed by atoms with E-state index in [9.17, 15) is 23.7 Å². The van der Waals surface area contributed by atoms with Gasteiger partial charge in [-0.2, -0.15) is 0 Å². The van der Waals surface area contributed by atoms with Crippen LogP contribution in [0, 0.1) is 21.7 Å². The van der Waals surface area contributed by atoms with Gasteiger partial charge in [-0.3, -0.25) is 24.8 Å². The van der Waals surface area contributed by atoms with Crippen LogP contribution in [0.5, 0.6) is 0 Å². The first kappa shape index (κ1) is 18.6. The molecular weight excluding hydrogens is 406 g/mol. The Bertz CT molecular complexity index is 1230. The number of benzene rings is 1. The van der Waals surface area contributed by atoms with Crippen LogP contribution in [0.4, 0.5) is 19.8 Å². The minimum atomic E-state index is -0.860. The van der Waals surface area contributed by atoms with Gasteiger partial charge in [0.1, 0.15) is 16.3 Å². The molecule has 0 unspecified atom stereocenters. The van der Waals surface area contributed by atoms with E-state index in [4.69, 9.17) is 4.42 Å². The number of amides is 1. The van der Waals surface area contributed by atoms with Crippen molar-refractivity contribution in [1.29, 1.82) is 0 Å². The molecule has 0 atom stereocenters. The van der Waals surface area contributed by atoms with E-state index in [2.05, 4.69) is 9.97 Å². The van der Waals surface area contributed by atoms with Gasteiger partial charge in [0.15, 0.2) is 16.7 Å². The SMILES string of the molecule is O=C(c1ccc([N+](=O)[O-])o1)N(Cc1ccccn1)c1nc2c(F)cc(F)cc2s1. The molecule has 3 aromatic heterocycles. The Morgan fingerprint density at radius 3 is 2.76 bits per heavy atom. The van der Waals surface area contributed by atoms with Crippen molar-refractivity contribution in [2.24, 2.45) is 0 Å². The highest BCUT2D eigenvalue weighted by Gasteiger charge is 2.27. The Hall–Kier alpha value is -3.73. The van der Waals surface area contributed by atoms with E-state index in [-0.39, 0.29) is 27.7 Å². The smallest absolute Gasteiger partial charge is 0.395 e. The van der Waals surface area contributed by atoms with Crippen molar-refractivity contribution >= 4 is 38.5 Å². The summed E-state index contributed by atoms with van der Waals surface area (Å²) in [6.45, 7) is -0.0574. The van der Waals surface area contributed by atoms with E-state index in [0.717, 1.165) is 28.4 Å². The Morgan fingerprint density at radius 2 is 2.07 bits per heavy atom. The fourth-order valence-corrected chi connectivity index (χ4v) is 3.62. The molecule has 4 rings (SSSR count). The van der Waals surface area contributed by atoms with E-state index in [1.54, 1.807) is 18.2 Å². The third-order valence-corrected chi connectivity index (χ3v) is 4.93. The summed E-state index contributed by atoms with van der Waals surface area (Å²) < 4.78 is 32.8. The van der Waals surface area contributed by atoms with E-state index in [1.165, 1.54) is 12.3 Å². The third-order valence-electron chi connectivity index (χ3n) is 3.91. The minimum absolute atomic E-state index is 0.0574. The Kier molecular flexibility index (Phi) is 4.72. The molecule has 0 spiro atoms. The number of nitrogens with zero attached hydrogens (tertiary/aromatic N) is 4. The van der Waals surface area contributed by atoms with Crippen molar-refractivity contribution < 1.29 is 22.9 Å². The molecule has 4 aromatic rings. The lowest BCUT2D eigenvalue weighted by molar-refractivity contribution is -0.402. The molecule has 0 saturated heterocycles. The first-order valence-electron chi connectivity index (χ1n) is 8.14. The fourth-order valence-electron chi connectivity index (χ4n) is 2.61. The number of carbonyl (C=O) groups is 1. The van der Waals surface area contributed by atoms with Gasteiger partial charge in [0, 0.05) is 12.3 Å². The lowest BCUT2D eigenvalue weighted by Gasteiger charge is -2.18. The molecule has 3 heterocycles. The summed E-state index contributed by atoms with van der Waals surface area (Å²) in [6, 6.07) is 9.11. The van der Waals surface area contributed by atoms with Gasteiger partial charge in [0.05, 0.1) is 23.0 Å². The maximum atomic E-state index is 14.1. The molecular formula is C18H10F2N4O4S. The lowest BCUT2D eigenvalue weighted by atomic mass is 10.3. The maximum Gasteiger partial charge on any atom is 0.433 e. The topological polar surface area (TPSA) is 102 Å². The van der Waals surface area contributed by atoms with Gasteiger partial charge in [-0.25, -0.2) is 13.8 Å². The van der Waals surface area contributed by atoms with Crippen LogP contribution in [0.1, 0.15) is 16.2 Å². The number of halogens is 2. The predicted octanol–water partition coefficient (Wildman–Crippen LogP) is 4.32. The lowest BCUT2D eigenvalue weighted by Crippen LogP contribution is -2.30. The molecule has 0 aliphatic heterocycles. The monoisotopic (exact) mass is 416 g/mol. The third kappa shape index (κ3) is 3.67. The Morgan fingerprint density at radius 1 is 1.24 bits per heavy atom. The number of anilines is 1. The van der Waals surface area contributed by atoms with Crippen LogP contribution >= 0.6 is 11.3 Å². The minimum Gasteiger partial charge on any atom is -0.395 e. The van der Waals surface area contributed by atoms with Crippen molar-refractivity contribution in [3.8, 4) is 0 Å². The number of aromatic nitrogens is 2. The number of carbonyl (C=O) groups excluding carboxylic acids is 1. The molecule has 0 N–H and O–H groups in total. The highest BCUT2D eigenvalue weighted by molar-refractivity contribution is 7.22. The van der Waals surface area contributed by atoms with Crippen LogP contribution < -0.4 is 4.90 Å². The van der Waals surface area contributed by atoms with Gasteiger partial charge in [-0.05, 0) is 24.3 Å². The summed E-state index contributed by atoms with van der Waals surface area (Å²) in [7, 11) is 0. The second-order valence-electron chi connectivity index (χ2n) is 5.84. The van der Waals surface area contributed by atoms with Gasteiger partial charge >= 0.3 is 5.88 Å². The summed E-state index contributed by atoms with van der Waals surface area (Å²) in [5.41, 5.74) is 0.406. The first-order chi connectivity index (χ1) is 13.9. The van der Waals surface area contributed by atoms with Gasteiger partial charge in [-0.1, -0.05) is 17.4 Å². The van der Waals surface area contributed by atoms with Crippen molar-refractivity contribution in [2.75, 3.05) is 4.90 Å². The summed E-state index contributed by atoms with van der Waals surface area (Å²) in [5, 5.41) is 10.9. The van der Waals surface area contributed by atoms with Crippen molar-refractivity contribution in [3.05, 3.63) is 81.9 Å². The van der Waals surface area contributed by atoms with E-state index in [1.807, 2.05) is 0 Å². The van der Waals surface area contributed by atoms with E-state index in [0.29, 0.717) is 11.8 Å². The zero-order valence-corrected chi connectivity index (χ0v) is 15.2. The number of hydrogen-bond donors (Lipinski definition) is 0. The van der Waals surface area contributed by atoms with Gasteiger partial charge < -0.3 is 4.42 Å². The summed E-state index contributed by atoms with van der Waals surface area (Å²) in [6.07, 6.45) is 1.53. The largest absolute Gasteiger partial charge is 0.433 e. The van der Waals surface area contributed by atoms with Crippen molar-refractivity contribution in [1.82, 2.24) is 9.97 Å². The van der Waals surface area contributed by atoms with Crippen molar-refractivity contribution in [3.63, 3.8) is 0 Å². The van der Waals surface area contributed by atoms with Crippen LogP contribution in [-0.4, -0.2) is 20.8 Å². The average Bonchev–Trinajstić information content (AvgIpc) is 3.34. The second-order valence-corrected chi connectivity index (χ2v) is 6.85. The molecule has 146 valence electrons. The highest BCUT2D eigenvalue weighted by Crippen LogP contribution is 2.33. The Labute approximate surface area is 165 Å². The molecule has 29 heavy (non-hydrogen) atoms. The van der Waals surface area contributed by atoms with E-state index < -0.39 is 28.3 Å². The molecule has 11 heteroatoms. The molecule has 0 radical (unpaired) electrons. The predicted molar refractivity (Wildman–Crippen MR) is 99.6 cm³/mol. The van der Waals surface area contributed by atoms with Gasteiger partial charge in [0.2, 0.25) is 0 Å². The van der Waals surface area contributed by atoms with Crippen LogP contribution in [-0.2, 0) is 6.54 Å². The molecule has 0 aliphatic carbocycles. The van der Waals surface area contributed by atoms with Crippen LogP contribution in [0.2, 0.25) is 0 Å². The van der Waals surface area contributed by atoms with Crippen LogP contribution in [0.15, 0.2) is 53.1 Å². The second kappa shape index (κ2) is 7.36. The zero-order valence-electron chi connectivity index (χ0n) is 14.4. The molecule has 0 aliphatic rings. The standard InChI is InChI=1S/C18H10F2N4O4S/c19-10-7-12(20)16-14(8-10)29-18(22-16)23(9-11-3-1-2-6-21-11)17(25)13-4-5-15(28-13)24(26)27/h1-8H,9H2. The number of furan rings is 1. The molecule has 8 nitrogen and oxygen atoms in total. The Balaban J connectivity index is 1.78. The van der Waals surface area contributed by atoms with E-state index >= 15 is 0 Å². The quantitative estimate of drug-likeness (QED) is 0.355. The summed E-state index contributed by atoms with van der Waals surface area (Å²) in [5.74, 6) is -3.25. The number of thiazole rings is 1. The summed E-state index contributed by atoms with van der Waals surface area (Å²) >= 11 is 0.900. The first-order valence-corrected chi connectivity index (χ1v) is 8.95. The van der Waals surface area contributed by atoms with Crippen molar-refractivity contribution in [2.45, 2.75) is 6.54 Å². The number of rotatable bonds is 5. The van der Waals surface area contributed by atoms with Crippen LogP contribution in [0.3, 0.4) is 0 Å². The maximum absolute atomic E-state index is 14.1. The number of pyridine rings is 1. The number of hydrogen-bond acceptors (Lipinski definition) is 7. The van der Waals surface area contributed by atoms with Crippen LogP contribution in [0.25, 0.3) is 10.2 Å². The molecule has 0 saturated carbocycles. The zero-order chi connectivity index (χ0) is 20.5. The molecule has 0 bridgehead atoms. The number of fused-ring (bicyclic) bond motifs is 1. The van der Waals surface area contributed by atoms with Gasteiger partial charge in [0.25, 0.3) is 5.91 Å². The molecule has 1 amide bonds. The van der Waals surface area contributed by atoms with Gasteiger partial charge in [-0.15, -0.1) is 0 Å². The normalized spacial score (nSPS) is 11.0. The average molecular weight is 416 g/mol. The number of nitro groups is 1.